The average Bonchev–Trinajstić information content (AvgIpc) is 2.57. The summed E-state index contributed by atoms with van der Waals surface area (Å²) in [7, 11) is 0. The van der Waals surface area contributed by atoms with Gasteiger partial charge in [-0.2, -0.15) is 5.10 Å². The summed E-state index contributed by atoms with van der Waals surface area (Å²) >= 11 is 5.11. The molecule has 8 nitrogen and oxygen atoms in total. The second-order valence-corrected chi connectivity index (χ2v) is 5.39. The van der Waals surface area contributed by atoms with Gasteiger partial charge >= 0.3 is 5.69 Å². The van der Waals surface area contributed by atoms with Crippen molar-refractivity contribution in [1.82, 2.24) is 15.0 Å². The van der Waals surface area contributed by atoms with Gasteiger partial charge in [0.2, 0.25) is 5.88 Å². The van der Waals surface area contributed by atoms with Gasteiger partial charge in [0.05, 0.1) is 5.71 Å². The van der Waals surface area contributed by atoms with Crippen LogP contribution in [0, 0.1) is 0 Å². The summed E-state index contributed by atoms with van der Waals surface area (Å²) in [5.41, 5.74) is 1.92. The van der Waals surface area contributed by atoms with Gasteiger partial charge in [0.1, 0.15) is 5.56 Å². The van der Waals surface area contributed by atoms with E-state index in [1.165, 1.54) is 13.0 Å². The van der Waals surface area contributed by atoms with E-state index < -0.39 is 17.1 Å². The summed E-state index contributed by atoms with van der Waals surface area (Å²) in [6.07, 6.45) is 1.42. The number of aromatic amines is 1. The highest BCUT2D eigenvalue weighted by Crippen LogP contribution is 2.11. The molecule has 1 aromatic heterocycles. The van der Waals surface area contributed by atoms with Gasteiger partial charge in [-0.15, -0.1) is 6.58 Å². The maximum absolute atomic E-state index is 12.0. The van der Waals surface area contributed by atoms with Gasteiger partial charge in [-0.1, -0.05) is 24.3 Å². The highest BCUT2D eigenvalue weighted by atomic mass is 32.1. The zero-order chi connectivity index (χ0) is 18.4. The van der Waals surface area contributed by atoms with Crippen molar-refractivity contribution in [2.75, 3.05) is 5.32 Å². The van der Waals surface area contributed by atoms with Crippen LogP contribution in [0.25, 0.3) is 0 Å². The first-order valence-electron chi connectivity index (χ1n) is 7.27. The Balaban J connectivity index is 2.23. The van der Waals surface area contributed by atoms with Crippen LogP contribution in [-0.4, -0.2) is 25.5 Å². The van der Waals surface area contributed by atoms with Gasteiger partial charge in [-0.25, -0.2) is 4.79 Å². The van der Waals surface area contributed by atoms with Crippen molar-refractivity contribution < 1.29 is 5.11 Å². The van der Waals surface area contributed by atoms with E-state index in [0.29, 0.717) is 0 Å². The van der Waals surface area contributed by atoms with Gasteiger partial charge in [0.15, 0.2) is 5.11 Å². The molecule has 0 bridgehead atoms. The van der Waals surface area contributed by atoms with Crippen molar-refractivity contribution in [1.29, 1.82) is 0 Å². The molecule has 0 aliphatic heterocycles. The molecule has 0 fully saturated rings. The van der Waals surface area contributed by atoms with E-state index in [4.69, 9.17) is 12.2 Å². The number of nitrogens with zero attached hydrogens (tertiary/aromatic N) is 2. The highest BCUT2D eigenvalue weighted by Gasteiger charge is 2.16. The second kappa shape index (κ2) is 8.06. The molecule has 25 heavy (non-hydrogen) atoms. The van der Waals surface area contributed by atoms with E-state index in [1.807, 2.05) is 30.3 Å². The van der Waals surface area contributed by atoms with Gasteiger partial charge in [0, 0.05) is 12.2 Å². The van der Waals surface area contributed by atoms with E-state index in [1.54, 1.807) is 0 Å². The normalized spacial score (nSPS) is 11.0. The number of benzene rings is 1. The fourth-order valence-corrected chi connectivity index (χ4v) is 2.22. The van der Waals surface area contributed by atoms with E-state index >= 15 is 0 Å². The number of anilines is 1. The first kappa shape index (κ1) is 18.1. The van der Waals surface area contributed by atoms with Crippen LogP contribution in [0.5, 0.6) is 5.88 Å². The molecule has 1 heterocycles. The minimum atomic E-state index is -0.743. The lowest BCUT2D eigenvalue weighted by Crippen LogP contribution is -2.34. The molecular formula is C16H17N5O3S. The molecule has 130 valence electrons. The number of H-pyrrole nitrogens is 1. The fourth-order valence-electron chi connectivity index (χ4n) is 2.06. The van der Waals surface area contributed by atoms with Crippen molar-refractivity contribution in [3.63, 3.8) is 0 Å². The summed E-state index contributed by atoms with van der Waals surface area (Å²) < 4.78 is 0.975. The number of allylic oxidation sites excluding steroid dienone is 1. The Bertz CT molecular complexity index is 931. The first-order valence-corrected chi connectivity index (χ1v) is 7.68. The molecule has 0 aliphatic carbocycles. The van der Waals surface area contributed by atoms with Crippen LogP contribution in [0.2, 0.25) is 0 Å². The minimum absolute atomic E-state index is 0.0448. The summed E-state index contributed by atoms with van der Waals surface area (Å²) in [6, 6.07) is 9.22. The number of aromatic hydroxyl groups is 1. The third-order valence-electron chi connectivity index (χ3n) is 3.20. The number of hydrazone groups is 1. The lowest BCUT2D eigenvalue weighted by atomic mass is 10.2. The standard InChI is InChI=1S/C16H17N5O3S/c1-3-9-21-14(23)12(13(22)18-16(21)24)10(2)19-20-15(25)17-11-7-5-4-6-8-11/h3-8,23H,1,9H2,2H3,(H2,17,20,25)(H,18,22,24). The molecule has 0 amide bonds. The molecule has 1 aromatic carbocycles. The number of aromatic nitrogens is 2. The quantitative estimate of drug-likeness (QED) is 0.276. The lowest BCUT2D eigenvalue weighted by Gasteiger charge is -2.10. The van der Waals surface area contributed by atoms with Crippen molar-refractivity contribution in [3.05, 3.63) is 69.4 Å². The van der Waals surface area contributed by atoms with E-state index in [2.05, 4.69) is 27.4 Å². The van der Waals surface area contributed by atoms with Crippen LogP contribution < -0.4 is 22.0 Å². The van der Waals surface area contributed by atoms with Crippen molar-refractivity contribution in [2.24, 2.45) is 5.10 Å². The van der Waals surface area contributed by atoms with Crippen molar-refractivity contribution in [3.8, 4) is 5.88 Å². The smallest absolute Gasteiger partial charge is 0.331 e. The van der Waals surface area contributed by atoms with Crippen LogP contribution in [0.3, 0.4) is 0 Å². The molecule has 9 heteroatoms. The van der Waals surface area contributed by atoms with Crippen LogP contribution in [-0.2, 0) is 6.54 Å². The Kier molecular flexibility index (Phi) is 5.85. The molecule has 0 aliphatic rings. The van der Waals surface area contributed by atoms with Gasteiger partial charge in [0.25, 0.3) is 5.56 Å². The molecule has 0 spiro atoms. The minimum Gasteiger partial charge on any atom is -0.494 e. The van der Waals surface area contributed by atoms with Crippen LogP contribution in [0.1, 0.15) is 12.5 Å². The topological polar surface area (TPSA) is 112 Å². The Labute approximate surface area is 148 Å². The predicted molar refractivity (Wildman–Crippen MR) is 101 cm³/mol. The monoisotopic (exact) mass is 359 g/mol. The zero-order valence-corrected chi connectivity index (χ0v) is 14.3. The summed E-state index contributed by atoms with van der Waals surface area (Å²) in [5, 5.41) is 17.3. The predicted octanol–water partition coefficient (Wildman–Crippen LogP) is 1.14. The molecular weight excluding hydrogens is 342 g/mol. The van der Waals surface area contributed by atoms with Gasteiger partial charge in [-0.05, 0) is 31.3 Å². The van der Waals surface area contributed by atoms with E-state index in [-0.39, 0.29) is 22.9 Å². The Morgan fingerprint density at radius 1 is 1.40 bits per heavy atom. The Morgan fingerprint density at radius 3 is 2.72 bits per heavy atom. The maximum atomic E-state index is 12.0. The van der Waals surface area contributed by atoms with E-state index in [0.717, 1.165) is 10.3 Å². The molecule has 0 saturated heterocycles. The molecule has 0 unspecified atom stereocenters. The highest BCUT2D eigenvalue weighted by molar-refractivity contribution is 7.80. The zero-order valence-electron chi connectivity index (χ0n) is 13.4. The SMILES string of the molecule is C=CCn1c(O)c(C(C)=NNC(=S)Nc2ccccc2)c(=O)[nH]c1=O. The molecule has 0 atom stereocenters. The third kappa shape index (κ3) is 4.42. The number of nitrogens with one attached hydrogen (secondary N) is 3. The molecule has 2 aromatic rings. The van der Waals surface area contributed by atoms with Gasteiger partial charge in [-0.3, -0.25) is 19.8 Å². The molecule has 0 radical (unpaired) electrons. The summed E-state index contributed by atoms with van der Waals surface area (Å²) in [5.74, 6) is -0.487. The van der Waals surface area contributed by atoms with Gasteiger partial charge < -0.3 is 10.4 Å². The molecule has 4 N–H and O–H groups in total. The third-order valence-corrected chi connectivity index (χ3v) is 3.40. The van der Waals surface area contributed by atoms with Crippen LogP contribution >= 0.6 is 12.2 Å². The second-order valence-electron chi connectivity index (χ2n) is 4.99. The summed E-state index contributed by atoms with van der Waals surface area (Å²) in [6.45, 7) is 5.05. The lowest BCUT2D eigenvalue weighted by molar-refractivity contribution is 0.409. The summed E-state index contributed by atoms with van der Waals surface area (Å²) in [4.78, 5) is 25.8. The fraction of sp³-hybridized carbons (Fsp3) is 0.125. The number of hydrogen-bond donors (Lipinski definition) is 4. The number of para-hydroxylation sites is 1. The van der Waals surface area contributed by atoms with Crippen LogP contribution in [0.15, 0.2) is 57.7 Å². The van der Waals surface area contributed by atoms with Crippen molar-refractivity contribution in [2.45, 2.75) is 13.5 Å². The largest absolute Gasteiger partial charge is 0.494 e. The van der Waals surface area contributed by atoms with E-state index in [9.17, 15) is 14.7 Å². The number of rotatable bonds is 5. The number of hydrogen-bond acceptors (Lipinski definition) is 5. The first-order chi connectivity index (χ1) is 11.9. The van der Waals surface area contributed by atoms with Crippen LogP contribution in [0.4, 0.5) is 5.69 Å². The molecule has 2 rings (SSSR count). The Morgan fingerprint density at radius 2 is 2.08 bits per heavy atom. The average molecular weight is 359 g/mol. The Hall–Kier alpha value is -3.20. The van der Waals surface area contributed by atoms with Crippen molar-refractivity contribution >= 4 is 28.7 Å². The maximum Gasteiger partial charge on any atom is 0.331 e. The molecule has 0 saturated carbocycles. The number of thiocarbonyl (C=S) groups is 1.